The van der Waals surface area contributed by atoms with Crippen LogP contribution in [-0.4, -0.2) is 11.5 Å². The highest BCUT2D eigenvalue weighted by Gasteiger charge is 1.98. The van der Waals surface area contributed by atoms with E-state index in [1.807, 2.05) is 12.4 Å². The summed E-state index contributed by atoms with van der Waals surface area (Å²) in [5, 5.41) is 3.45. The Morgan fingerprint density at radius 1 is 1.18 bits per heavy atom. The highest BCUT2D eigenvalue weighted by atomic mass is 79.9. The number of hydrogen-bond donors (Lipinski definition) is 1. The number of pyridine rings is 1. The Labute approximate surface area is 110 Å². The van der Waals surface area contributed by atoms with E-state index in [1.165, 1.54) is 16.8 Å². The van der Waals surface area contributed by atoms with Gasteiger partial charge < -0.3 is 5.32 Å². The van der Waals surface area contributed by atoms with Crippen LogP contribution in [0.3, 0.4) is 0 Å². The molecule has 2 rings (SSSR count). The van der Waals surface area contributed by atoms with Crippen molar-refractivity contribution in [3.8, 4) is 0 Å². The molecule has 0 fully saturated rings. The molecule has 0 aliphatic rings. The maximum Gasteiger partial charge on any atom is 0.0381 e. The lowest BCUT2D eigenvalue weighted by Gasteiger charge is -2.09. The van der Waals surface area contributed by atoms with Crippen molar-refractivity contribution in [2.45, 2.75) is 13.3 Å². The number of anilines is 1. The van der Waals surface area contributed by atoms with Crippen molar-refractivity contribution in [2.75, 3.05) is 11.9 Å². The molecular formula is C14H15BrN2. The minimum Gasteiger partial charge on any atom is -0.384 e. The lowest BCUT2D eigenvalue weighted by Crippen LogP contribution is -2.06. The molecule has 0 aliphatic heterocycles. The smallest absolute Gasteiger partial charge is 0.0381 e. The number of hydrogen-bond acceptors (Lipinski definition) is 2. The Morgan fingerprint density at radius 2 is 1.94 bits per heavy atom. The molecule has 0 bridgehead atoms. The number of aryl methyl sites for hydroxylation is 1. The summed E-state index contributed by atoms with van der Waals surface area (Å²) in [6, 6.07) is 10.4. The van der Waals surface area contributed by atoms with E-state index in [1.54, 1.807) is 0 Å². The topological polar surface area (TPSA) is 24.9 Å². The van der Waals surface area contributed by atoms with Crippen molar-refractivity contribution in [3.63, 3.8) is 0 Å². The summed E-state index contributed by atoms with van der Waals surface area (Å²) < 4.78 is 1.11. The Kier molecular flexibility index (Phi) is 4.15. The van der Waals surface area contributed by atoms with Crippen molar-refractivity contribution >= 4 is 21.6 Å². The number of nitrogens with zero attached hydrogens (tertiary/aromatic N) is 1. The second kappa shape index (κ2) is 5.82. The van der Waals surface area contributed by atoms with E-state index >= 15 is 0 Å². The zero-order valence-electron chi connectivity index (χ0n) is 9.78. The maximum atomic E-state index is 4.01. The first-order valence-electron chi connectivity index (χ1n) is 5.64. The first-order chi connectivity index (χ1) is 8.25. The van der Waals surface area contributed by atoms with E-state index < -0.39 is 0 Å². The fraction of sp³-hybridized carbons (Fsp3) is 0.214. The van der Waals surface area contributed by atoms with Gasteiger partial charge in [-0.25, -0.2) is 0 Å². The van der Waals surface area contributed by atoms with Crippen molar-refractivity contribution in [1.82, 2.24) is 4.98 Å². The minimum atomic E-state index is 0.932. The fourth-order valence-corrected chi connectivity index (χ4v) is 2.04. The largest absolute Gasteiger partial charge is 0.384 e. The van der Waals surface area contributed by atoms with Crippen LogP contribution in [0, 0.1) is 6.92 Å². The van der Waals surface area contributed by atoms with Gasteiger partial charge in [0.1, 0.15) is 0 Å². The summed E-state index contributed by atoms with van der Waals surface area (Å²) in [6.07, 6.45) is 4.67. The second-order valence-corrected chi connectivity index (χ2v) is 4.91. The molecule has 0 saturated heterocycles. The van der Waals surface area contributed by atoms with Crippen LogP contribution in [0.2, 0.25) is 0 Å². The third kappa shape index (κ3) is 3.56. The average molecular weight is 291 g/mol. The van der Waals surface area contributed by atoms with Crippen LogP contribution in [0.1, 0.15) is 11.1 Å². The molecule has 0 spiro atoms. The van der Waals surface area contributed by atoms with Gasteiger partial charge >= 0.3 is 0 Å². The summed E-state index contributed by atoms with van der Waals surface area (Å²) in [4.78, 5) is 4.01. The molecule has 88 valence electrons. The number of aromatic nitrogens is 1. The molecule has 2 nitrogen and oxygen atoms in total. The third-order valence-electron chi connectivity index (χ3n) is 2.68. The first kappa shape index (κ1) is 12.1. The van der Waals surface area contributed by atoms with Gasteiger partial charge in [0.25, 0.3) is 0 Å². The van der Waals surface area contributed by atoms with Crippen LogP contribution in [0.4, 0.5) is 5.69 Å². The molecule has 1 aromatic heterocycles. The van der Waals surface area contributed by atoms with Gasteiger partial charge in [0.15, 0.2) is 0 Å². The lowest BCUT2D eigenvalue weighted by molar-refractivity contribution is 1.01. The van der Waals surface area contributed by atoms with Gasteiger partial charge in [-0.1, -0.05) is 22.0 Å². The van der Waals surface area contributed by atoms with Crippen LogP contribution in [0.15, 0.2) is 47.2 Å². The van der Waals surface area contributed by atoms with Gasteiger partial charge in [-0.15, -0.1) is 0 Å². The quantitative estimate of drug-likeness (QED) is 0.926. The van der Waals surface area contributed by atoms with Crippen LogP contribution < -0.4 is 5.32 Å². The van der Waals surface area contributed by atoms with Gasteiger partial charge in [0, 0.05) is 29.1 Å². The van der Waals surface area contributed by atoms with Crippen LogP contribution in [0.5, 0.6) is 0 Å². The summed E-state index contributed by atoms with van der Waals surface area (Å²) in [6.45, 7) is 3.04. The maximum absolute atomic E-state index is 4.01. The van der Waals surface area contributed by atoms with Crippen molar-refractivity contribution in [3.05, 3.63) is 58.3 Å². The Hall–Kier alpha value is -1.35. The number of benzene rings is 1. The molecule has 1 N–H and O–H groups in total. The predicted octanol–water partition coefficient (Wildman–Crippen LogP) is 3.81. The summed E-state index contributed by atoms with van der Waals surface area (Å²) in [7, 11) is 0. The number of nitrogens with one attached hydrogen (secondary N) is 1. The Balaban J connectivity index is 1.92. The van der Waals surface area contributed by atoms with Crippen molar-refractivity contribution in [2.24, 2.45) is 0 Å². The van der Waals surface area contributed by atoms with E-state index in [0.29, 0.717) is 0 Å². The molecule has 0 aliphatic carbocycles. The average Bonchev–Trinajstić information content (AvgIpc) is 2.35. The zero-order chi connectivity index (χ0) is 12.1. The number of rotatable bonds is 4. The normalized spacial score (nSPS) is 10.2. The van der Waals surface area contributed by atoms with Crippen LogP contribution in [-0.2, 0) is 6.42 Å². The molecular weight excluding hydrogens is 276 g/mol. The van der Waals surface area contributed by atoms with E-state index in [9.17, 15) is 0 Å². The molecule has 0 saturated carbocycles. The third-order valence-corrected chi connectivity index (χ3v) is 3.17. The van der Waals surface area contributed by atoms with Gasteiger partial charge in [0.2, 0.25) is 0 Å². The molecule has 0 unspecified atom stereocenters. The molecule has 1 heterocycles. The standard InChI is InChI=1S/C14H15BrN2/c1-11-2-3-13(15)10-14(11)17-9-6-12-4-7-16-8-5-12/h2-5,7-8,10,17H,6,9H2,1H3. The first-order valence-corrected chi connectivity index (χ1v) is 6.44. The molecule has 3 heteroatoms. The monoisotopic (exact) mass is 290 g/mol. The molecule has 17 heavy (non-hydrogen) atoms. The summed E-state index contributed by atoms with van der Waals surface area (Å²) >= 11 is 3.48. The molecule has 1 aromatic carbocycles. The summed E-state index contributed by atoms with van der Waals surface area (Å²) in [5.74, 6) is 0. The van der Waals surface area contributed by atoms with E-state index in [4.69, 9.17) is 0 Å². The number of halogens is 1. The fourth-order valence-electron chi connectivity index (χ4n) is 1.68. The summed E-state index contributed by atoms with van der Waals surface area (Å²) in [5.41, 5.74) is 3.76. The van der Waals surface area contributed by atoms with Gasteiger partial charge in [-0.05, 0) is 48.7 Å². The van der Waals surface area contributed by atoms with E-state index in [-0.39, 0.29) is 0 Å². The minimum absolute atomic E-state index is 0.932. The van der Waals surface area contributed by atoms with Crippen molar-refractivity contribution in [1.29, 1.82) is 0 Å². The second-order valence-electron chi connectivity index (χ2n) is 3.99. The lowest BCUT2D eigenvalue weighted by atomic mass is 10.1. The van der Waals surface area contributed by atoms with E-state index in [2.05, 4.69) is 63.5 Å². The molecule has 0 radical (unpaired) electrons. The van der Waals surface area contributed by atoms with Crippen LogP contribution >= 0.6 is 15.9 Å². The van der Waals surface area contributed by atoms with Gasteiger partial charge in [0.05, 0.1) is 0 Å². The molecule has 2 aromatic rings. The van der Waals surface area contributed by atoms with Crippen molar-refractivity contribution < 1.29 is 0 Å². The molecule has 0 atom stereocenters. The SMILES string of the molecule is Cc1ccc(Br)cc1NCCc1ccncc1. The predicted molar refractivity (Wildman–Crippen MR) is 75.3 cm³/mol. The van der Waals surface area contributed by atoms with Gasteiger partial charge in [-0.2, -0.15) is 0 Å². The Morgan fingerprint density at radius 3 is 2.71 bits per heavy atom. The van der Waals surface area contributed by atoms with E-state index in [0.717, 1.165) is 17.4 Å². The van der Waals surface area contributed by atoms with Gasteiger partial charge in [-0.3, -0.25) is 4.98 Å². The zero-order valence-corrected chi connectivity index (χ0v) is 11.4. The Bertz CT molecular complexity index is 483. The highest BCUT2D eigenvalue weighted by Crippen LogP contribution is 2.20. The van der Waals surface area contributed by atoms with Crippen LogP contribution in [0.25, 0.3) is 0 Å². The molecule has 0 amide bonds. The highest BCUT2D eigenvalue weighted by molar-refractivity contribution is 9.10.